The molecule has 118 valence electrons. The van der Waals surface area contributed by atoms with E-state index in [9.17, 15) is 19.5 Å². The molecule has 7 nitrogen and oxygen atoms in total. The van der Waals surface area contributed by atoms with Gasteiger partial charge in [-0.3, -0.25) is 4.79 Å². The quantitative estimate of drug-likeness (QED) is 0.834. The highest BCUT2D eigenvalue weighted by Gasteiger charge is 2.29. The highest BCUT2D eigenvalue weighted by molar-refractivity contribution is 5.88. The molecule has 0 radical (unpaired) electrons. The minimum atomic E-state index is -1.14. The summed E-state index contributed by atoms with van der Waals surface area (Å²) in [6.45, 7) is 2.74. The molecule has 1 heterocycles. The van der Waals surface area contributed by atoms with Crippen molar-refractivity contribution in [1.29, 1.82) is 0 Å². The predicted molar refractivity (Wildman–Crippen MR) is 79.3 cm³/mol. The highest BCUT2D eigenvalue weighted by atomic mass is 16.4. The van der Waals surface area contributed by atoms with Crippen molar-refractivity contribution in [2.24, 2.45) is 0 Å². The van der Waals surface area contributed by atoms with Crippen molar-refractivity contribution in [3.63, 3.8) is 0 Å². The molecule has 0 bridgehead atoms. The first kappa shape index (κ1) is 15.8. The molecule has 3 amide bonds. The number of carbonyl (C=O) groups excluding carboxylic acids is 2. The van der Waals surface area contributed by atoms with Crippen molar-refractivity contribution in [1.82, 2.24) is 15.1 Å². The zero-order chi connectivity index (χ0) is 16.3. The van der Waals surface area contributed by atoms with Gasteiger partial charge >= 0.3 is 12.0 Å². The summed E-state index contributed by atoms with van der Waals surface area (Å²) in [7, 11) is 1.66. The van der Waals surface area contributed by atoms with Crippen LogP contribution < -0.4 is 5.32 Å². The van der Waals surface area contributed by atoms with E-state index in [4.69, 9.17) is 0 Å². The molecule has 2 rings (SSSR count). The molecule has 1 saturated heterocycles. The Balaban J connectivity index is 2.04. The highest BCUT2D eigenvalue weighted by Crippen LogP contribution is 2.15. The lowest BCUT2D eigenvalue weighted by Crippen LogP contribution is -2.42. The molecule has 1 fully saturated rings. The molecule has 1 atom stereocenters. The van der Waals surface area contributed by atoms with Gasteiger partial charge in [0.05, 0.1) is 0 Å². The maximum atomic E-state index is 12.0. The first-order chi connectivity index (χ1) is 10.4. The lowest BCUT2D eigenvalue weighted by molar-refractivity contribution is -0.142. The second-order valence-corrected chi connectivity index (χ2v) is 5.38. The van der Waals surface area contributed by atoms with Crippen molar-refractivity contribution < 1.29 is 19.5 Å². The van der Waals surface area contributed by atoms with E-state index in [2.05, 4.69) is 5.32 Å². The number of hydrogen-bond acceptors (Lipinski definition) is 3. The fraction of sp³-hybridized carbons (Fsp3) is 0.400. The maximum Gasteiger partial charge on any atom is 0.330 e. The third kappa shape index (κ3) is 3.55. The number of hydrogen-bond donors (Lipinski definition) is 2. The smallest absolute Gasteiger partial charge is 0.330 e. The molecule has 0 spiro atoms. The Kier molecular flexibility index (Phi) is 4.65. The number of carbonyl (C=O) groups is 3. The molecule has 0 aromatic heterocycles. The number of aliphatic carboxylic acids is 1. The first-order valence-corrected chi connectivity index (χ1v) is 6.97. The first-order valence-electron chi connectivity index (χ1n) is 6.97. The molecule has 22 heavy (non-hydrogen) atoms. The van der Waals surface area contributed by atoms with Gasteiger partial charge in [0, 0.05) is 20.1 Å². The number of aryl methyl sites for hydroxylation is 1. The summed E-state index contributed by atoms with van der Waals surface area (Å²) in [5.41, 5.74) is 1.42. The van der Waals surface area contributed by atoms with Crippen LogP contribution in [0.3, 0.4) is 0 Å². The number of nitrogens with one attached hydrogen (secondary N) is 1. The van der Waals surface area contributed by atoms with E-state index in [1.54, 1.807) is 25.2 Å². The van der Waals surface area contributed by atoms with Crippen LogP contribution in [0.25, 0.3) is 0 Å². The van der Waals surface area contributed by atoms with Crippen LogP contribution >= 0.6 is 0 Å². The van der Waals surface area contributed by atoms with Gasteiger partial charge in [-0.05, 0) is 12.5 Å². The number of amides is 3. The molecule has 1 aliphatic heterocycles. The molecule has 1 aromatic rings. The number of benzene rings is 1. The topological polar surface area (TPSA) is 90.0 Å². The molecular weight excluding hydrogens is 286 g/mol. The van der Waals surface area contributed by atoms with E-state index >= 15 is 0 Å². The van der Waals surface area contributed by atoms with Gasteiger partial charge < -0.3 is 20.2 Å². The third-order valence-corrected chi connectivity index (χ3v) is 3.56. The molecule has 1 aliphatic rings. The molecule has 7 heteroatoms. The van der Waals surface area contributed by atoms with E-state index in [0.717, 1.165) is 5.56 Å². The van der Waals surface area contributed by atoms with Gasteiger partial charge in [-0.15, -0.1) is 0 Å². The summed E-state index contributed by atoms with van der Waals surface area (Å²) < 4.78 is 0. The van der Waals surface area contributed by atoms with Crippen LogP contribution in [-0.4, -0.2) is 59.5 Å². The van der Waals surface area contributed by atoms with Crippen molar-refractivity contribution in [3.8, 4) is 0 Å². The average molecular weight is 305 g/mol. The summed E-state index contributed by atoms with van der Waals surface area (Å²) in [5.74, 6) is -1.62. The van der Waals surface area contributed by atoms with Gasteiger partial charge in [-0.2, -0.15) is 0 Å². The van der Waals surface area contributed by atoms with E-state index in [0.29, 0.717) is 18.7 Å². The normalized spacial score (nSPS) is 15.8. The Bertz CT molecular complexity index is 602. The second-order valence-electron chi connectivity index (χ2n) is 5.38. The van der Waals surface area contributed by atoms with E-state index < -0.39 is 17.9 Å². The third-order valence-electron chi connectivity index (χ3n) is 3.56. The summed E-state index contributed by atoms with van der Waals surface area (Å²) in [6, 6.07) is 5.61. The molecule has 0 aliphatic carbocycles. The van der Waals surface area contributed by atoms with Crippen LogP contribution in [0.2, 0.25) is 0 Å². The van der Waals surface area contributed by atoms with E-state index in [1.807, 2.05) is 13.0 Å². The van der Waals surface area contributed by atoms with Crippen LogP contribution in [0, 0.1) is 6.92 Å². The monoisotopic (exact) mass is 305 g/mol. The number of urea groups is 1. The molecule has 1 aromatic carbocycles. The zero-order valence-electron chi connectivity index (χ0n) is 12.6. The zero-order valence-corrected chi connectivity index (χ0v) is 12.6. The van der Waals surface area contributed by atoms with Gasteiger partial charge in [0.1, 0.15) is 6.54 Å². The van der Waals surface area contributed by atoms with Crippen LogP contribution in [0.4, 0.5) is 4.79 Å². The number of rotatable bonds is 5. The van der Waals surface area contributed by atoms with Gasteiger partial charge in [-0.1, -0.05) is 29.8 Å². The maximum absolute atomic E-state index is 12.0. The van der Waals surface area contributed by atoms with Gasteiger partial charge in [-0.25, -0.2) is 9.59 Å². The van der Waals surface area contributed by atoms with Crippen molar-refractivity contribution >= 4 is 17.9 Å². The Morgan fingerprint density at radius 2 is 2.09 bits per heavy atom. The van der Waals surface area contributed by atoms with Crippen molar-refractivity contribution in [3.05, 3.63) is 35.4 Å². The minimum Gasteiger partial charge on any atom is -0.479 e. The SMILES string of the molecule is Cc1cccc([C@@H](NC(=O)CN2CCN(C)C2=O)C(=O)O)c1. The number of nitrogens with zero attached hydrogens (tertiary/aromatic N) is 2. The molecular formula is C15H19N3O4. The summed E-state index contributed by atoms with van der Waals surface area (Å²) in [5, 5.41) is 11.8. The molecule has 0 saturated carbocycles. The average Bonchev–Trinajstić information content (AvgIpc) is 2.76. The summed E-state index contributed by atoms with van der Waals surface area (Å²) in [6.07, 6.45) is 0. The summed E-state index contributed by atoms with van der Waals surface area (Å²) in [4.78, 5) is 38.1. The Morgan fingerprint density at radius 1 is 1.36 bits per heavy atom. The molecule has 2 N–H and O–H groups in total. The predicted octanol–water partition coefficient (Wildman–Crippen LogP) is 0.604. The Labute approximate surface area is 128 Å². The minimum absolute atomic E-state index is 0.140. The largest absolute Gasteiger partial charge is 0.479 e. The second kappa shape index (κ2) is 6.46. The lowest BCUT2D eigenvalue weighted by Gasteiger charge is -2.19. The fourth-order valence-corrected chi connectivity index (χ4v) is 2.37. The van der Waals surface area contributed by atoms with E-state index in [1.165, 1.54) is 9.80 Å². The van der Waals surface area contributed by atoms with Crippen LogP contribution in [0.5, 0.6) is 0 Å². The van der Waals surface area contributed by atoms with Crippen molar-refractivity contribution in [2.75, 3.05) is 26.7 Å². The number of carboxylic acids is 1. The van der Waals surface area contributed by atoms with Crippen LogP contribution in [0.15, 0.2) is 24.3 Å². The summed E-state index contributed by atoms with van der Waals surface area (Å²) >= 11 is 0. The Morgan fingerprint density at radius 3 is 2.64 bits per heavy atom. The van der Waals surface area contributed by atoms with Crippen molar-refractivity contribution in [2.45, 2.75) is 13.0 Å². The number of carboxylic acid groups (broad SMARTS) is 1. The Hall–Kier alpha value is -2.57. The van der Waals surface area contributed by atoms with Gasteiger partial charge in [0.15, 0.2) is 6.04 Å². The fourth-order valence-electron chi connectivity index (χ4n) is 2.37. The number of likely N-dealkylation sites (N-methyl/N-ethyl adjacent to an activating group) is 1. The van der Waals surface area contributed by atoms with E-state index in [-0.39, 0.29) is 12.6 Å². The van der Waals surface area contributed by atoms with Crippen LogP contribution in [-0.2, 0) is 9.59 Å². The van der Waals surface area contributed by atoms with Crippen LogP contribution in [0.1, 0.15) is 17.2 Å². The van der Waals surface area contributed by atoms with Gasteiger partial charge in [0.2, 0.25) is 5.91 Å². The molecule has 0 unspecified atom stereocenters. The lowest BCUT2D eigenvalue weighted by atomic mass is 10.0. The standard InChI is InChI=1S/C15H19N3O4/c1-10-4-3-5-11(8-10)13(14(20)21)16-12(19)9-18-7-6-17(2)15(18)22/h3-5,8,13H,6-7,9H2,1-2H3,(H,16,19)(H,20,21)/t13-/m1/s1. The van der Waals surface area contributed by atoms with Gasteiger partial charge in [0.25, 0.3) is 0 Å².